The van der Waals surface area contributed by atoms with E-state index in [4.69, 9.17) is 0 Å². The van der Waals surface area contributed by atoms with Gasteiger partial charge in [-0.15, -0.1) is 0 Å². The standard InChI is InChI=1S/C35H39NO2/c37-34(24-28-14-5-1-6-15-28,25-29-16-7-2-8-17-29)32-22-13-23-33(36-32)35(38,26-30-18-9-3-10-19-30)27-31-20-11-4-12-21-31/h1-12,14-21,32-33,36-38H,13,22-27H2. The molecule has 0 aromatic heterocycles. The molecule has 0 amide bonds. The fraction of sp³-hybridized carbons (Fsp3) is 0.314. The van der Waals surface area contributed by atoms with Crippen LogP contribution in [0.25, 0.3) is 0 Å². The first-order valence-electron chi connectivity index (χ1n) is 13.9. The maximum atomic E-state index is 12.4. The molecular weight excluding hydrogens is 466 g/mol. The Hall–Kier alpha value is -3.24. The minimum Gasteiger partial charge on any atom is -0.388 e. The predicted molar refractivity (Wildman–Crippen MR) is 155 cm³/mol. The van der Waals surface area contributed by atoms with Gasteiger partial charge in [-0.05, 0) is 35.1 Å². The van der Waals surface area contributed by atoms with E-state index in [1.54, 1.807) is 0 Å². The minimum atomic E-state index is -0.984. The van der Waals surface area contributed by atoms with E-state index in [2.05, 4.69) is 53.8 Å². The number of piperidine rings is 1. The number of hydrogen-bond acceptors (Lipinski definition) is 3. The second-order valence-electron chi connectivity index (χ2n) is 11.1. The highest BCUT2D eigenvalue weighted by atomic mass is 16.3. The van der Waals surface area contributed by atoms with Gasteiger partial charge in [-0.2, -0.15) is 0 Å². The van der Waals surface area contributed by atoms with E-state index in [0.29, 0.717) is 25.7 Å². The van der Waals surface area contributed by atoms with Crippen LogP contribution in [0.3, 0.4) is 0 Å². The molecule has 0 radical (unpaired) electrons. The molecule has 1 saturated heterocycles. The van der Waals surface area contributed by atoms with Crippen LogP contribution in [0, 0.1) is 0 Å². The summed E-state index contributed by atoms with van der Waals surface area (Å²) < 4.78 is 0. The maximum Gasteiger partial charge on any atom is 0.0880 e. The van der Waals surface area contributed by atoms with Crippen LogP contribution in [0.1, 0.15) is 41.5 Å². The van der Waals surface area contributed by atoms with Crippen molar-refractivity contribution in [1.29, 1.82) is 0 Å². The van der Waals surface area contributed by atoms with E-state index in [0.717, 1.165) is 41.5 Å². The quantitative estimate of drug-likeness (QED) is 0.250. The molecule has 2 unspecified atom stereocenters. The van der Waals surface area contributed by atoms with Crippen molar-refractivity contribution in [2.45, 2.75) is 68.2 Å². The lowest BCUT2D eigenvalue weighted by Gasteiger charge is -2.47. The van der Waals surface area contributed by atoms with Gasteiger partial charge in [0.1, 0.15) is 0 Å². The summed E-state index contributed by atoms with van der Waals surface area (Å²) in [5.74, 6) is 0. The van der Waals surface area contributed by atoms with Gasteiger partial charge in [0, 0.05) is 37.8 Å². The highest BCUT2D eigenvalue weighted by molar-refractivity contribution is 5.26. The summed E-state index contributed by atoms with van der Waals surface area (Å²) in [4.78, 5) is 0. The molecule has 2 atom stereocenters. The number of rotatable bonds is 10. The molecule has 3 nitrogen and oxygen atoms in total. The van der Waals surface area contributed by atoms with Gasteiger partial charge >= 0.3 is 0 Å². The average molecular weight is 506 g/mol. The van der Waals surface area contributed by atoms with Crippen molar-refractivity contribution >= 4 is 0 Å². The Morgan fingerprint density at radius 2 is 0.737 bits per heavy atom. The number of hydrogen-bond donors (Lipinski definition) is 3. The topological polar surface area (TPSA) is 52.5 Å². The molecule has 0 saturated carbocycles. The molecule has 196 valence electrons. The molecule has 0 aliphatic carbocycles. The fourth-order valence-electron chi connectivity index (χ4n) is 6.20. The van der Waals surface area contributed by atoms with Gasteiger partial charge in [-0.1, -0.05) is 128 Å². The molecule has 5 rings (SSSR count). The van der Waals surface area contributed by atoms with Crippen LogP contribution in [0.15, 0.2) is 121 Å². The van der Waals surface area contributed by atoms with Crippen LogP contribution >= 0.6 is 0 Å². The summed E-state index contributed by atoms with van der Waals surface area (Å²) in [7, 11) is 0. The zero-order chi connectivity index (χ0) is 26.3. The smallest absolute Gasteiger partial charge is 0.0880 e. The van der Waals surface area contributed by atoms with Crippen molar-refractivity contribution in [3.8, 4) is 0 Å². The van der Waals surface area contributed by atoms with Crippen molar-refractivity contribution in [1.82, 2.24) is 5.32 Å². The molecule has 1 aliphatic heterocycles. The Morgan fingerprint density at radius 3 is 1.00 bits per heavy atom. The van der Waals surface area contributed by atoms with Gasteiger partial charge in [-0.25, -0.2) is 0 Å². The first-order chi connectivity index (χ1) is 18.5. The summed E-state index contributed by atoms with van der Waals surface area (Å²) in [5, 5.41) is 28.5. The molecular formula is C35H39NO2. The second-order valence-corrected chi connectivity index (χ2v) is 11.1. The Balaban J connectivity index is 1.44. The molecule has 0 spiro atoms. The van der Waals surface area contributed by atoms with Crippen LogP contribution in [-0.2, 0) is 25.7 Å². The second kappa shape index (κ2) is 12.1. The van der Waals surface area contributed by atoms with Crippen molar-refractivity contribution in [2.24, 2.45) is 0 Å². The van der Waals surface area contributed by atoms with Crippen molar-refractivity contribution < 1.29 is 10.2 Å². The van der Waals surface area contributed by atoms with Gasteiger partial charge in [0.2, 0.25) is 0 Å². The summed E-state index contributed by atoms with van der Waals surface area (Å²) in [6.45, 7) is 0. The van der Waals surface area contributed by atoms with Gasteiger partial charge < -0.3 is 15.5 Å². The predicted octanol–water partition coefficient (Wildman–Crippen LogP) is 5.93. The Kier molecular flexibility index (Phi) is 8.38. The van der Waals surface area contributed by atoms with Crippen molar-refractivity contribution in [3.05, 3.63) is 144 Å². The number of benzene rings is 4. The van der Waals surface area contributed by atoms with Gasteiger partial charge in [-0.3, -0.25) is 0 Å². The number of aliphatic hydroxyl groups is 2. The minimum absolute atomic E-state index is 0.139. The SMILES string of the molecule is OC(Cc1ccccc1)(Cc1ccccc1)C1CCCC(C(O)(Cc2ccccc2)Cc2ccccc2)N1. The van der Waals surface area contributed by atoms with E-state index in [-0.39, 0.29) is 12.1 Å². The zero-order valence-corrected chi connectivity index (χ0v) is 22.0. The lowest BCUT2D eigenvalue weighted by molar-refractivity contribution is -0.0548. The van der Waals surface area contributed by atoms with E-state index in [1.807, 2.05) is 72.8 Å². The molecule has 3 heteroatoms. The molecule has 1 fully saturated rings. The maximum absolute atomic E-state index is 12.4. The lowest BCUT2D eigenvalue weighted by atomic mass is 9.73. The third-order valence-corrected chi connectivity index (χ3v) is 8.10. The molecule has 4 aromatic rings. The van der Waals surface area contributed by atoms with Gasteiger partial charge in [0.05, 0.1) is 11.2 Å². The normalized spacial score (nSPS) is 18.3. The zero-order valence-electron chi connectivity index (χ0n) is 22.0. The Morgan fingerprint density at radius 1 is 0.474 bits per heavy atom. The van der Waals surface area contributed by atoms with Crippen LogP contribution in [-0.4, -0.2) is 33.5 Å². The summed E-state index contributed by atoms with van der Waals surface area (Å²) in [6, 6.07) is 40.8. The third-order valence-electron chi connectivity index (χ3n) is 8.10. The first-order valence-corrected chi connectivity index (χ1v) is 13.9. The summed E-state index contributed by atoms with van der Waals surface area (Å²) >= 11 is 0. The van der Waals surface area contributed by atoms with E-state index in [9.17, 15) is 10.2 Å². The lowest BCUT2D eigenvalue weighted by Crippen LogP contribution is -2.64. The highest BCUT2D eigenvalue weighted by Gasteiger charge is 2.45. The van der Waals surface area contributed by atoms with Crippen LogP contribution < -0.4 is 5.32 Å². The Labute approximate surface area is 227 Å². The van der Waals surface area contributed by atoms with E-state index in [1.165, 1.54) is 0 Å². The van der Waals surface area contributed by atoms with Gasteiger partial charge in [0.25, 0.3) is 0 Å². The van der Waals surface area contributed by atoms with E-state index < -0.39 is 11.2 Å². The molecule has 38 heavy (non-hydrogen) atoms. The molecule has 0 bridgehead atoms. The monoisotopic (exact) mass is 505 g/mol. The number of nitrogens with one attached hydrogen (secondary N) is 1. The van der Waals surface area contributed by atoms with E-state index >= 15 is 0 Å². The molecule has 1 heterocycles. The molecule has 3 N–H and O–H groups in total. The largest absolute Gasteiger partial charge is 0.388 e. The third kappa shape index (κ3) is 6.60. The van der Waals surface area contributed by atoms with Crippen LogP contribution in [0.5, 0.6) is 0 Å². The highest BCUT2D eigenvalue weighted by Crippen LogP contribution is 2.34. The Bertz CT molecular complexity index is 1060. The van der Waals surface area contributed by atoms with Gasteiger partial charge in [0.15, 0.2) is 0 Å². The summed E-state index contributed by atoms with van der Waals surface area (Å²) in [6.07, 6.45) is 4.94. The van der Waals surface area contributed by atoms with Crippen LogP contribution in [0.2, 0.25) is 0 Å². The average Bonchev–Trinajstić information content (AvgIpc) is 2.95. The molecule has 1 aliphatic rings. The molecule has 4 aromatic carbocycles. The summed E-state index contributed by atoms with van der Waals surface area (Å²) in [5.41, 5.74) is 2.53. The van der Waals surface area contributed by atoms with Crippen LogP contribution in [0.4, 0.5) is 0 Å². The first kappa shape index (κ1) is 26.4. The van der Waals surface area contributed by atoms with Crippen molar-refractivity contribution in [3.63, 3.8) is 0 Å². The fourth-order valence-corrected chi connectivity index (χ4v) is 6.20. The van der Waals surface area contributed by atoms with Crippen molar-refractivity contribution in [2.75, 3.05) is 0 Å².